The summed E-state index contributed by atoms with van der Waals surface area (Å²) >= 11 is 5.26. The zero-order valence-electron chi connectivity index (χ0n) is 13.3. The van der Waals surface area contributed by atoms with E-state index in [0.29, 0.717) is 11.2 Å². The van der Waals surface area contributed by atoms with E-state index >= 15 is 0 Å². The second-order valence-electron chi connectivity index (χ2n) is 5.89. The van der Waals surface area contributed by atoms with Gasteiger partial charge in [-0.1, -0.05) is 26.7 Å². The fourth-order valence-electron chi connectivity index (χ4n) is 2.02. The van der Waals surface area contributed by atoms with Gasteiger partial charge >= 0.3 is 0 Å². The molecule has 0 aliphatic rings. The van der Waals surface area contributed by atoms with E-state index in [1.807, 2.05) is 0 Å². The molecule has 0 heterocycles. The summed E-state index contributed by atoms with van der Waals surface area (Å²) in [7, 11) is -3.66. The first-order valence-corrected chi connectivity index (χ1v) is 9.34. The summed E-state index contributed by atoms with van der Waals surface area (Å²) in [5.74, 6) is 0.717. The first-order valence-electron chi connectivity index (χ1n) is 7.39. The van der Waals surface area contributed by atoms with Gasteiger partial charge in [-0.25, -0.2) is 13.6 Å². The Morgan fingerprint density at radius 3 is 2.27 bits per heavy atom. The molecule has 0 spiro atoms. The van der Waals surface area contributed by atoms with Crippen molar-refractivity contribution in [1.82, 2.24) is 5.32 Å². The summed E-state index contributed by atoms with van der Waals surface area (Å²) in [5, 5.41) is 11.8. The third-order valence-electron chi connectivity index (χ3n) is 3.24. The molecule has 22 heavy (non-hydrogen) atoms. The molecule has 1 aromatic rings. The van der Waals surface area contributed by atoms with Crippen LogP contribution in [0.15, 0.2) is 29.2 Å². The van der Waals surface area contributed by atoms with Gasteiger partial charge in [-0.2, -0.15) is 0 Å². The quantitative estimate of drug-likeness (QED) is 0.663. The summed E-state index contributed by atoms with van der Waals surface area (Å²) in [5.41, 5.74) is 0.722. The van der Waals surface area contributed by atoms with Crippen molar-refractivity contribution in [3.63, 3.8) is 0 Å². The van der Waals surface area contributed by atoms with Crippen molar-refractivity contribution in [2.24, 2.45) is 11.1 Å². The van der Waals surface area contributed by atoms with E-state index < -0.39 is 10.0 Å². The van der Waals surface area contributed by atoms with Crippen LogP contribution in [0.25, 0.3) is 0 Å². The van der Waals surface area contributed by atoms with E-state index in [0.717, 1.165) is 24.4 Å². The van der Waals surface area contributed by atoms with Crippen LogP contribution in [0.1, 0.15) is 40.0 Å². The number of sulfonamides is 1. The van der Waals surface area contributed by atoms with Crippen LogP contribution in [0.2, 0.25) is 0 Å². The lowest BCUT2D eigenvalue weighted by atomic mass is 10.0. The Labute approximate surface area is 138 Å². The maximum Gasteiger partial charge on any atom is 0.238 e. The number of nitrogens with one attached hydrogen (secondary N) is 2. The van der Waals surface area contributed by atoms with Gasteiger partial charge in [-0.3, -0.25) is 0 Å². The highest BCUT2D eigenvalue weighted by atomic mass is 32.2. The van der Waals surface area contributed by atoms with Crippen molar-refractivity contribution in [3.05, 3.63) is 24.3 Å². The molecular weight excluding hydrogens is 318 g/mol. The standard InChI is InChI=1S/C15H25N3O2S2/c1-11(2)5-4-6-12(3)17-15(21)18-13-7-9-14(10-8-13)22(16,19)20/h7-12H,4-6H2,1-3H3,(H2,16,19,20)(H2,17,18,21). The molecule has 1 rings (SSSR count). The average Bonchev–Trinajstić information content (AvgIpc) is 2.37. The summed E-state index contributed by atoms with van der Waals surface area (Å²) < 4.78 is 22.4. The van der Waals surface area contributed by atoms with Crippen LogP contribution in [0.3, 0.4) is 0 Å². The maximum atomic E-state index is 11.2. The summed E-state index contributed by atoms with van der Waals surface area (Å²) in [6.07, 6.45) is 3.43. The molecule has 0 radical (unpaired) electrons. The molecule has 0 aliphatic carbocycles. The Kier molecular flexibility index (Phi) is 7.25. The molecule has 0 bridgehead atoms. The lowest BCUT2D eigenvalue weighted by molar-refractivity contribution is 0.495. The third-order valence-corrected chi connectivity index (χ3v) is 4.39. The van der Waals surface area contributed by atoms with Crippen LogP contribution in [-0.4, -0.2) is 19.6 Å². The summed E-state index contributed by atoms with van der Waals surface area (Å²) in [4.78, 5) is 0.0824. The predicted octanol–water partition coefficient (Wildman–Crippen LogP) is 2.84. The van der Waals surface area contributed by atoms with Crippen LogP contribution < -0.4 is 15.8 Å². The highest BCUT2D eigenvalue weighted by Crippen LogP contribution is 2.13. The van der Waals surface area contributed by atoms with Gasteiger partial charge in [0.2, 0.25) is 10.0 Å². The Morgan fingerprint density at radius 1 is 1.18 bits per heavy atom. The Bertz CT molecular complexity index is 583. The Morgan fingerprint density at radius 2 is 1.77 bits per heavy atom. The van der Waals surface area contributed by atoms with Gasteiger partial charge in [0.15, 0.2) is 5.11 Å². The fraction of sp³-hybridized carbons (Fsp3) is 0.533. The number of primary sulfonamides is 1. The molecule has 1 atom stereocenters. The third kappa shape index (κ3) is 7.20. The second kappa shape index (κ2) is 8.45. The van der Waals surface area contributed by atoms with Crippen LogP contribution in [0, 0.1) is 5.92 Å². The van der Waals surface area contributed by atoms with Crippen molar-refractivity contribution in [2.45, 2.75) is 51.0 Å². The first-order chi connectivity index (χ1) is 10.2. The number of rotatable bonds is 7. The topological polar surface area (TPSA) is 84.2 Å². The van der Waals surface area contributed by atoms with Gasteiger partial charge in [0.1, 0.15) is 0 Å². The molecule has 0 fully saturated rings. The smallest absolute Gasteiger partial charge is 0.238 e. The van der Waals surface area contributed by atoms with Crippen LogP contribution >= 0.6 is 12.2 Å². The zero-order chi connectivity index (χ0) is 16.8. The lowest BCUT2D eigenvalue weighted by Crippen LogP contribution is -2.35. The minimum absolute atomic E-state index is 0.0824. The first kappa shape index (κ1) is 18.9. The van der Waals surface area contributed by atoms with Gasteiger partial charge in [0.05, 0.1) is 4.90 Å². The molecule has 0 amide bonds. The number of hydrogen-bond donors (Lipinski definition) is 3. The molecule has 7 heteroatoms. The fourth-order valence-corrected chi connectivity index (χ4v) is 2.86. The van der Waals surface area contributed by atoms with Crippen molar-refractivity contribution in [2.75, 3.05) is 5.32 Å². The van der Waals surface area contributed by atoms with Crippen LogP contribution in [-0.2, 0) is 10.0 Å². The van der Waals surface area contributed by atoms with E-state index in [1.54, 1.807) is 12.1 Å². The van der Waals surface area contributed by atoms with Gasteiger partial charge in [0.25, 0.3) is 0 Å². The highest BCUT2D eigenvalue weighted by molar-refractivity contribution is 7.89. The van der Waals surface area contributed by atoms with Gasteiger partial charge in [-0.05, 0) is 55.7 Å². The van der Waals surface area contributed by atoms with Crippen LogP contribution in [0.5, 0.6) is 0 Å². The Hall–Kier alpha value is -1.18. The van der Waals surface area contributed by atoms with Gasteiger partial charge < -0.3 is 10.6 Å². The highest BCUT2D eigenvalue weighted by Gasteiger charge is 2.08. The number of anilines is 1. The second-order valence-corrected chi connectivity index (χ2v) is 7.86. The van der Waals surface area contributed by atoms with E-state index in [2.05, 4.69) is 31.4 Å². The molecule has 1 aromatic carbocycles. The van der Waals surface area contributed by atoms with Gasteiger partial charge in [0, 0.05) is 11.7 Å². The molecule has 0 aromatic heterocycles. The molecule has 4 N–H and O–H groups in total. The minimum Gasteiger partial charge on any atom is -0.360 e. The molecular formula is C15H25N3O2S2. The molecule has 5 nitrogen and oxygen atoms in total. The maximum absolute atomic E-state index is 11.2. The molecule has 0 aliphatic heterocycles. The Balaban J connectivity index is 2.45. The molecule has 0 saturated heterocycles. The minimum atomic E-state index is -3.66. The summed E-state index contributed by atoms with van der Waals surface area (Å²) in [6.45, 7) is 6.53. The van der Waals surface area contributed by atoms with Crippen molar-refractivity contribution >= 4 is 33.0 Å². The van der Waals surface area contributed by atoms with Crippen molar-refractivity contribution in [3.8, 4) is 0 Å². The number of hydrogen-bond acceptors (Lipinski definition) is 3. The zero-order valence-corrected chi connectivity index (χ0v) is 14.9. The van der Waals surface area contributed by atoms with E-state index in [-0.39, 0.29) is 4.90 Å². The monoisotopic (exact) mass is 343 g/mol. The molecule has 0 saturated carbocycles. The lowest BCUT2D eigenvalue weighted by Gasteiger charge is -2.17. The SMILES string of the molecule is CC(C)CCCC(C)NC(=S)Nc1ccc(S(N)(=O)=O)cc1. The number of thiocarbonyl (C=S) groups is 1. The van der Waals surface area contributed by atoms with Gasteiger partial charge in [-0.15, -0.1) is 0 Å². The van der Waals surface area contributed by atoms with E-state index in [4.69, 9.17) is 17.4 Å². The van der Waals surface area contributed by atoms with E-state index in [1.165, 1.54) is 18.6 Å². The number of benzene rings is 1. The average molecular weight is 344 g/mol. The van der Waals surface area contributed by atoms with E-state index in [9.17, 15) is 8.42 Å². The molecule has 1 unspecified atom stereocenters. The van der Waals surface area contributed by atoms with Crippen molar-refractivity contribution in [1.29, 1.82) is 0 Å². The largest absolute Gasteiger partial charge is 0.360 e. The molecule has 124 valence electrons. The van der Waals surface area contributed by atoms with Crippen molar-refractivity contribution < 1.29 is 8.42 Å². The summed E-state index contributed by atoms with van der Waals surface area (Å²) in [6, 6.07) is 6.47. The predicted molar refractivity (Wildman–Crippen MR) is 95.3 cm³/mol. The van der Waals surface area contributed by atoms with Crippen LogP contribution in [0.4, 0.5) is 5.69 Å². The number of nitrogens with two attached hydrogens (primary N) is 1. The normalized spacial score (nSPS) is 13.0.